The highest BCUT2D eigenvalue weighted by Gasteiger charge is 2.40. The minimum absolute atomic E-state index is 0.0936. The second-order valence-electron chi connectivity index (χ2n) is 6.40. The van der Waals surface area contributed by atoms with Crippen LogP contribution in [0.1, 0.15) is 54.1 Å². The average molecular weight is 303 g/mol. The third kappa shape index (κ3) is 2.30. The number of piperidine rings is 1. The molecule has 0 unspecified atom stereocenters. The Morgan fingerprint density at radius 1 is 1.41 bits per heavy atom. The topological polar surface area (TPSA) is 49.8 Å². The average Bonchev–Trinajstić information content (AvgIpc) is 2.53. The monoisotopic (exact) mass is 303 g/mol. The van der Waals surface area contributed by atoms with E-state index < -0.39 is 0 Å². The van der Waals surface area contributed by atoms with Crippen molar-refractivity contribution < 1.29 is 14.6 Å². The van der Waals surface area contributed by atoms with Crippen LogP contribution in [0.5, 0.6) is 11.5 Å². The number of benzene rings is 1. The van der Waals surface area contributed by atoms with Crippen molar-refractivity contribution in [1.29, 1.82) is 0 Å². The SMILES string of the molecule is CCc1c(OC)cc2c(c1O)C(=O)C[C@H]1CCN(CC)C[C@H]21. The molecule has 2 aliphatic rings. The number of phenolic OH excluding ortho intramolecular Hbond substituents is 1. The van der Waals surface area contributed by atoms with Gasteiger partial charge in [0.1, 0.15) is 11.5 Å². The largest absolute Gasteiger partial charge is 0.507 e. The van der Waals surface area contributed by atoms with Crippen LogP contribution in [0.15, 0.2) is 6.07 Å². The number of ether oxygens (including phenoxy) is 1. The Balaban J connectivity index is 2.12. The molecule has 120 valence electrons. The second-order valence-corrected chi connectivity index (χ2v) is 6.40. The smallest absolute Gasteiger partial charge is 0.167 e. The van der Waals surface area contributed by atoms with Crippen molar-refractivity contribution in [2.24, 2.45) is 5.92 Å². The predicted molar refractivity (Wildman–Crippen MR) is 85.9 cm³/mol. The van der Waals surface area contributed by atoms with Gasteiger partial charge >= 0.3 is 0 Å². The lowest BCUT2D eigenvalue weighted by atomic mass is 9.70. The molecule has 1 N–H and O–H groups in total. The number of nitrogens with zero attached hydrogens (tertiary/aromatic N) is 1. The van der Waals surface area contributed by atoms with Gasteiger partial charge in [0.05, 0.1) is 12.7 Å². The summed E-state index contributed by atoms with van der Waals surface area (Å²) in [4.78, 5) is 15.0. The number of carbonyl (C=O) groups is 1. The standard InChI is InChI=1S/C18H25NO3/c1-4-12-16(22-3)9-13-14-10-19(5-2)7-6-11(14)8-15(20)17(13)18(12)21/h9,11,14,21H,4-8,10H2,1-3H3/t11-,14+/m1/s1. The highest BCUT2D eigenvalue weighted by atomic mass is 16.5. The van der Waals surface area contributed by atoms with Gasteiger partial charge in [-0.15, -0.1) is 0 Å². The molecule has 1 heterocycles. The van der Waals surface area contributed by atoms with Gasteiger partial charge in [-0.05, 0) is 43.5 Å². The van der Waals surface area contributed by atoms with Crippen molar-refractivity contribution >= 4 is 5.78 Å². The first-order valence-corrected chi connectivity index (χ1v) is 8.28. The molecule has 2 atom stereocenters. The number of methoxy groups -OCH3 is 1. The van der Waals surface area contributed by atoms with E-state index in [4.69, 9.17) is 4.74 Å². The summed E-state index contributed by atoms with van der Waals surface area (Å²) in [5.74, 6) is 1.68. The summed E-state index contributed by atoms with van der Waals surface area (Å²) >= 11 is 0. The van der Waals surface area contributed by atoms with Crippen molar-refractivity contribution in [3.05, 3.63) is 22.8 Å². The van der Waals surface area contributed by atoms with Gasteiger partial charge in [0.25, 0.3) is 0 Å². The van der Waals surface area contributed by atoms with Crippen LogP contribution in [0, 0.1) is 5.92 Å². The van der Waals surface area contributed by atoms with E-state index in [1.165, 1.54) is 0 Å². The van der Waals surface area contributed by atoms with E-state index in [0.717, 1.165) is 37.2 Å². The molecule has 0 saturated carbocycles. The highest BCUT2D eigenvalue weighted by Crippen LogP contribution is 2.47. The second kappa shape index (κ2) is 5.92. The molecule has 0 radical (unpaired) electrons. The zero-order valence-corrected chi connectivity index (χ0v) is 13.7. The molecule has 0 aromatic heterocycles. The summed E-state index contributed by atoms with van der Waals surface area (Å²) < 4.78 is 5.47. The lowest BCUT2D eigenvalue weighted by Gasteiger charge is -2.41. The van der Waals surface area contributed by atoms with E-state index in [1.807, 2.05) is 13.0 Å². The van der Waals surface area contributed by atoms with E-state index in [-0.39, 0.29) is 11.5 Å². The van der Waals surface area contributed by atoms with Gasteiger partial charge in [-0.1, -0.05) is 13.8 Å². The Kier molecular flexibility index (Phi) is 4.13. The van der Waals surface area contributed by atoms with Gasteiger partial charge < -0.3 is 14.7 Å². The fourth-order valence-corrected chi connectivity index (χ4v) is 4.11. The molecule has 1 aromatic rings. The van der Waals surface area contributed by atoms with Crippen LogP contribution >= 0.6 is 0 Å². The zero-order valence-electron chi connectivity index (χ0n) is 13.7. The summed E-state index contributed by atoms with van der Waals surface area (Å²) in [6, 6.07) is 2.00. The number of aromatic hydroxyl groups is 1. The van der Waals surface area contributed by atoms with Crippen LogP contribution in [-0.4, -0.2) is 42.5 Å². The maximum absolute atomic E-state index is 12.6. The lowest BCUT2D eigenvalue weighted by molar-refractivity contribution is 0.0868. The number of Topliss-reactive ketones (excluding diaryl/α,β-unsaturated/α-hetero) is 1. The van der Waals surface area contributed by atoms with Crippen LogP contribution in [0.3, 0.4) is 0 Å². The Hall–Kier alpha value is -1.55. The third-order valence-electron chi connectivity index (χ3n) is 5.38. The molecule has 3 rings (SSSR count). The van der Waals surface area contributed by atoms with E-state index in [1.54, 1.807) is 7.11 Å². The first-order chi connectivity index (χ1) is 10.6. The number of likely N-dealkylation sites (N-methyl/N-ethyl adjacent to an activating group) is 1. The highest BCUT2D eigenvalue weighted by molar-refractivity contribution is 6.02. The van der Waals surface area contributed by atoms with Crippen LogP contribution in [0.25, 0.3) is 0 Å². The van der Waals surface area contributed by atoms with Gasteiger partial charge in [0, 0.05) is 24.4 Å². The molecule has 1 fully saturated rings. The number of likely N-dealkylation sites (tertiary alicyclic amines) is 1. The summed E-state index contributed by atoms with van der Waals surface area (Å²) in [5.41, 5.74) is 2.29. The van der Waals surface area contributed by atoms with Crippen molar-refractivity contribution in [3.63, 3.8) is 0 Å². The predicted octanol–water partition coefficient (Wildman–Crippen LogP) is 2.98. The summed E-state index contributed by atoms with van der Waals surface area (Å²) in [7, 11) is 1.63. The van der Waals surface area contributed by atoms with Gasteiger partial charge in [-0.25, -0.2) is 0 Å². The molecule has 4 nitrogen and oxygen atoms in total. The van der Waals surface area contributed by atoms with E-state index >= 15 is 0 Å². The number of ketones is 1. The molecule has 1 saturated heterocycles. The Morgan fingerprint density at radius 3 is 2.82 bits per heavy atom. The van der Waals surface area contributed by atoms with E-state index in [2.05, 4.69) is 11.8 Å². The first-order valence-electron chi connectivity index (χ1n) is 8.28. The quantitative estimate of drug-likeness (QED) is 0.932. The fraction of sp³-hybridized carbons (Fsp3) is 0.611. The molecule has 1 aliphatic heterocycles. The maximum atomic E-state index is 12.6. The summed E-state index contributed by atoms with van der Waals surface area (Å²) in [5, 5.41) is 10.6. The summed E-state index contributed by atoms with van der Waals surface area (Å²) in [6.45, 7) is 7.21. The van der Waals surface area contributed by atoms with Crippen molar-refractivity contribution in [2.75, 3.05) is 26.7 Å². The lowest BCUT2D eigenvalue weighted by Crippen LogP contribution is -2.42. The number of rotatable bonds is 3. The van der Waals surface area contributed by atoms with Gasteiger partial charge in [-0.2, -0.15) is 0 Å². The van der Waals surface area contributed by atoms with Crippen molar-refractivity contribution in [1.82, 2.24) is 4.90 Å². The van der Waals surface area contributed by atoms with Crippen LogP contribution < -0.4 is 4.74 Å². The Bertz CT molecular complexity index is 596. The van der Waals surface area contributed by atoms with Crippen LogP contribution in [-0.2, 0) is 6.42 Å². The normalized spacial score (nSPS) is 24.8. The summed E-state index contributed by atoms with van der Waals surface area (Å²) in [6.07, 6.45) is 2.28. The first kappa shape index (κ1) is 15.3. The van der Waals surface area contributed by atoms with Gasteiger partial charge in [-0.3, -0.25) is 4.79 Å². The number of carbonyl (C=O) groups excluding carboxylic acids is 1. The van der Waals surface area contributed by atoms with Crippen molar-refractivity contribution in [3.8, 4) is 11.5 Å². The number of fused-ring (bicyclic) bond motifs is 3. The Morgan fingerprint density at radius 2 is 2.18 bits per heavy atom. The fourth-order valence-electron chi connectivity index (χ4n) is 4.11. The maximum Gasteiger partial charge on any atom is 0.167 e. The molecule has 0 bridgehead atoms. The third-order valence-corrected chi connectivity index (χ3v) is 5.38. The minimum atomic E-state index is 0.0936. The van der Waals surface area contributed by atoms with Crippen LogP contribution in [0.2, 0.25) is 0 Å². The minimum Gasteiger partial charge on any atom is -0.507 e. The number of hydrogen-bond donors (Lipinski definition) is 1. The zero-order chi connectivity index (χ0) is 15.9. The van der Waals surface area contributed by atoms with Gasteiger partial charge in [0.15, 0.2) is 5.78 Å². The molecule has 0 spiro atoms. The Labute approximate surface area is 132 Å². The molecular formula is C18H25NO3. The van der Waals surface area contributed by atoms with E-state index in [9.17, 15) is 9.90 Å². The van der Waals surface area contributed by atoms with Gasteiger partial charge in [0.2, 0.25) is 0 Å². The molecule has 1 aromatic carbocycles. The molecule has 4 heteroatoms. The number of hydrogen-bond acceptors (Lipinski definition) is 4. The molecule has 1 aliphatic carbocycles. The molecular weight excluding hydrogens is 278 g/mol. The molecule has 0 amide bonds. The van der Waals surface area contributed by atoms with Crippen molar-refractivity contribution in [2.45, 2.75) is 39.0 Å². The van der Waals surface area contributed by atoms with Crippen LogP contribution in [0.4, 0.5) is 0 Å². The van der Waals surface area contributed by atoms with E-state index in [0.29, 0.717) is 36.0 Å². The number of phenols is 1. The molecule has 22 heavy (non-hydrogen) atoms.